The molecule has 5 heteroatoms. The third-order valence-corrected chi connectivity index (χ3v) is 5.12. The maximum atomic E-state index is 12.6. The number of ether oxygens (including phenoxy) is 1. The summed E-state index contributed by atoms with van der Waals surface area (Å²) < 4.78 is 5.35. The third-order valence-electron chi connectivity index (χ3n) is 5.12. The van der Waals surface area contributed by atoms with Gasteiger partial charge in [0.15, 0.2) is 5.82 Å². The minimum absolute atomic E-state index is 0.0314. The third kappa shape index (κ3) is 3.56. The zero-order valence-corrected chi connectivity index (χ0v) is 14.3. The number of carbonyl (C=O) groups excluding carboxylic acids is 1. The average Bonchev–Trinajstić information content (AvgIpc) is 2.69. The summed E-state index contributed by atoms with van der Waals surface area (Å²) in [7, 11) is 0. The number of nitrogens with one attached hydrogen (secondary N) is 1. The van der Waals surface area contributed by atoms with Gasteiger partial charge < -0.3 is 10.1 Å². The lowest BCUT2D eigenvalue weighted by Crippen LogP contribution is -2.38. The Kier molecular flexibility index (Phi) is 4.74. The van der Waals surface area contributed by atoms with E-state index in [0.29, 0.717) is 13.2 Å². The Morgan fingerprint density at radius 2 is 1.92 bits per heavy atom. The van der Waals surface area contributed by atoms with Crippen LogP contribution in [-0.4, -0.2) is 29.1 Å². The fraction of sp³-hybridized carbons (Fsp3) is 0.450. The van der Waals surface area contributed by atoms with E-state index in [0.717, 1.165) is 54.7 Å². The van der Waals surface area contributed by atoms with E-state index in [1.165, 1.54) is 0 Å². The van der Waals surface area contributed by atoms with Crippen molar-refractivity contribution in [1.82, 2.24) is 15.3 Å². The Morgan fingerprint density at radius 1 is 1.12 bits per heavy atom. The smallest absolute Gasteiger partial charge is 0.223 e. The second-order valence-electron chi connectivity index (χ2n) is 6.80. The van der Waals surface area contributed by atoms with Crippen molar-refractivity contribution in [2.75, 3.05) is 13.2 Å². The second kappa shape index (κ2) is 7.31. The highest BCUT2D eigenvalue weighted by Crippen LogP contribution is 2.30. The molecule has 2 heterocycles. The number of carbonyl (C=O) groups is 1. The van der Waals surface area contributed by atoms with Crippen molar-refractivity contribution >= 4 is 5.91 Å². The SMILES string of the molecule is O=C(NC1CCCc2nc(-c3ccccc3)ncc21)C1CCOCC1. The molecule has 130 valence electrons. The number of hydrogen-bond donors (Lipinski definition) is 1. The monoisotopic (exact) mass is 337 g/mol. The largest absolute Gasteiger partial charge is 0.381 e. The van der Waals surface area contributed by atoms with Gasteiger partial charge in [0.1, 0.15) is 0 Å². The Labute approximate surface area is 147 Å². The van der Waals surface area contributed by atoms with Crippen LogP contribution in [0.4, 0.5) is 0 Å². The lowest BCUT2D eigenvalue weighted by molar-refractivity contribution is -0.128. The van der Waals surface area contributed by atoms with Crippen LogP contribution < -0.4 is 5.32 Å². The van der Waals surface area contributed by atoms with Crippen molar-refractivity contribution in [2.45, 2.75) is 38.1 Å². The van der Waals surface area contributed by atoms with Crippen molar-refractivity contribution < 1.29 is 9.53 Å². The van der Waals surface area contributed by atoms with Gasteiger partial charge in [-0.05, 0) is 32.1 Å². The molecular formula is C20H23N3O2. The maximum absolute atomic E-state index is 12.6. The van der Waals surface area contributed by atoms with E-state index < -0.39 is 0 Å². The second-order valence-corrected chi connectivity index (χ2v) is 6.80. The first-order valence-electron chi connectivity index (χ1n) is 9.10. The van der Waals surface area contributed by atoms with Crippen molar-refractivity contribution in [2.24, 2.45) is 5.92 Å². The molecule has 0 spiro atoms. The van der Waals surface area contributed by atoms with Gasteiger partial charge in [-0.15, -0.1) is 0 Å². The van der Waals surface area contributed by atoms with Crippen LogP contribution in [0.1, 0.15) is 43.0 Å². The average molecular weight is 337 g/mol. The summed E-state index contributed by atoms with van der Waals surface area (Å²) in [5, 5.41) is 3.23. The highest BCUT2D eigenvalue weighted by molar-refractivity contribution is 5.79. The zero-order chi connectivity index (χ0) is 17.1. The van der Waals surface area contributed by atoms with Crippen LogP contribution in [0.5, 0.6) is 0 Å². The van der Waals surface area contributed by atoms with Gasteiger partial charge in [-0.2, -0.15) is 0 Å². The first-order chi connectivity index (χ1) is 12.3. The molecule has 25 heavy (non-hydrogen) atoms. The number of benzene rings is 1. The van der Waals surface area contributed by atoms with Gasteiger partial charge >= 0.3 is 0 Å². The van der Waals surface area contributed by atoms with Crippen LogP contribution in [0.25, 0.3) is 11.4 Å². The molecule has 0 saturated carbocycles. The van der Waals surface area contributed by atoms with Gasteiger partial charge in [0.05, 0.1) is 6.04 Å². The minimum Gasteiger partial charge on any atom is -0.381 e. The normalized spacial score (nSPS) is 20.7. The first kappa shape index (κ1) is 16.2. The maximum Gasteiger partial charge on any atom is 0.223 e. The van der Waals surface area contributed by atoms with E-state index in [-0.39, 0.29) is 17.9 Å². The predicted octanol–water partition coefficient (Wildman–Crippen LogP) is 3.06. The number of rotatable bonds is 3. The minimum atomic E-state index is 0.0314. The van der Waals surface area contributed by atoms with Crippen LogP contribution in [0.2, 0.25) is 0 Å². The molecule has 0 radical (unpaired) electrons. The molecule has 1 aliphatic heterocycles. The topological polar surface area (TPSA) is 64.1 Å². The summed E-state index contributed by atoms with van der Waals surface area (Å²) in [4.78, 5) is 21.9. The number of hydrogen-bond acceptors (Lipinski definition) is 4. The van der Waals surface area contributed by atoms with Gasteiger partial charge in [0, 0.05) is 42.1 Å². The van der Waals surface area contributed by atoms with Crippen LogP contribution in [0.3, 0.4) is 0 Å². The molecule has 0 bridgehead atoms. The van der Waals surface area contributed by atoms with E-state index >= 15 is 0 Å². The highest BCUT2D eigenvalue weighted by atomic mass is 16.5. The van der Waals surface area contributed by atoms with Crippen molar-refractivity contribution in [1.29, 1.82) is 0 Å². The van der Waals surface area contributed by atoms with Gasteiger partial charge in [-0.3, -0.25) is 4.79 Å². The Bertz CT molecular complexity index is 742. The summed E-state index contributed by atoms with van der Waals surface area (Å²) in [6.45, 7) is 1.37. The van der Waals surface area contributed by atoms with Crippen LogP contribution in [-0.2, 0) is 16.0 Å². The van der Waals surface area contributed by atoms with E-state index in [2.05, 4.69) is 10.3 Å². The molecular weight excluding hydrogens is 314 g/mol. The summed E-state index contributed by atoms with van der Waals surface area (Å²) in [6.07, 6.45) is 6.47. The lowest BCUT2D eigenvalue weighted by atomic mass is 9.91. The van der Waals surface area contributed by atoms with Gasteiger partial charge in [0.25, 0.3) is 0 Å². The van der Waals surface area contributed by atoms with Crippen molar-refractivity contribution in [3.05, 3.63) is 47.8 Å². The fourth-order valence-electron chi connectivity index (χ4n) is 3.67. The standard InChI is InChI=1S/C20H23N3O2/c24-20(15-9-11-25-12-10-15)23-18-8-4-7-17-16(18)13-21-19(22-17)14-5-2-1-3-6-14/h1-3,5-6,13,15,18H,4,7-12H2,(H,23,24). The summed E-state index contributed by atoms with van der Waals surface area (Å²) in [6, 6.07) is 10.1. The number of amides is 1. The van der Waals surface area contributed by atoms with Crippen LogP contribution in [0, 0.1) is 5.92 Å². The summed E-state index contributed by atoms with van der Waals surface area (Å²) >= 11 is 0. The molecule has 2 aliphatic rings. The molecule has 2 aromatic rings. The molecule has 1 saturated heterocycles. The fourth-order valence-corrected chi connectivity index (χ4v) is 3.67. The lowest BCUT2D eigenvalue weighted by Gasteiger charge is -2.28. The number of aromatic nitrogens is 2. The highest BCUT2D eigenvalue weighted by Gasteiger charge is 2.28. The number of nitrogens with zero attached hydrogens (tertiary/aromatic N) is 2. The molecule has 1 aromatic heterocycles. The van der Waals surface area contributed by atoms with Gasteiger partial charge in [-0.25, -0.2) is 9.97 Å². The first-order valence-corrected chi connectivity index (χ1v) is 9.10. The number of aryl methyl sites for hydroxylation is 1. The molecule has 4 rings (SSSR count). The summed E-state index contributed by atoms with van der Waals surface area (Å²) in [5.41, 5.74) is 3.17. The van der Waals surface area contributed by atoms with Gasteiger partial charge in [0.2, 0.25) is 5.91 Å². The Morgan fingerprint density at radius 3 is 2.72 bits per heavy atom. The van der Waals surface area contributed by atoms with Crippen LogP contribution >= 0.6 is 0 Å². The molecule has 1 aliphatic carbocycles. The van der Waals surface area contributed by atoms with E-state index in [9.17, 15) is 4.79 Å². The molecule has 1 fully saturated rings. The van der Waals surface area contributed by atoms with Crippen LogP contribution in [0.15, 0.2) is 36.5 Å². The van der Waals surface area contributed by atoms with E-state index in [4.69, 9.17) is 9.72 Å². The molecule has 1 amide bonds. The van der Waals surface area contributed by atoms with Crippen molar-refractivity contribution in [3.8, 4) is 11.4 Å². The molecule has 5 nitrogen and oxygen atoms in total. The quantitative estimate of drug-likeness (QED) is 0.935. The zero-order valence-electron chi connectivity index (χ0n) is 14.3. The number of fused-ring (bicyclic) bond motifs is 1. The molecule has 1 unspecified atom stereocenters. The molecule has 1 atom stereocenters. The van der Waals surface area contributed by atoms with Gasteiger partial charge in [-0.1, -0.05) is 30.3 Å². The Hall–Kier alpha value is -2.27. The van der Waals surface area contributed by atoms with Crippen molar-refractivity contribution in [3.63, 3.8) is 0 Å². The summed E-state index contributed by atoms with van der Waals surface area (Å²) in [5.74, 6) is 0.979. The van der Waals surface area contributed by atoms with E-state index in [1.807, 2.05) is 36.5 Å². The molecule has 1 N–H and O–H groups in total. The molecule has 1 aromatic carbocycles. The van der Waals surface area contributed by atoms with E-state index in [1.54, 1.807) is 0 Å². The predicted molar refractivity (Wildman–Crippen MR) is 94.8 cm³/mol. The Balaban J connectivity index is 1.52.